The van der Waals surface area contributed by atoms with Gasteiger partial charge in [0.1, 0.15) is 5.60 Å². The van der Waals surface area contributed by atoms with Gasteiger partial charge in [-0.3, -0.25) is 4.79 Å². The number of carbonyl (C=O) groups is 1. The number of nitrogens with zero attached hydrogens (tertiary/aromatic N) is 1. The van der Waals surface area contributed by atoms with Crippen LogP contribution < -0.4 is 0 Å². The molecule has 0 bridgehead atoms. The summed E-state index contributed by atoms with van der Waals surface area (Å²) in [5.74, 6) is -4.49. The Kier molecular flexibility index (Phi) is 3.05. The molecule has 3 fully saturated rings. The molecule has 2 saturated carbocycles. The van der Waals surface area contributed by atoms with Crippen molar-refractivity contribution in [2.45, 2.75) is 49.7 Å². The highest BCUT2D eigenvalue weighted by atomic mass is 19.3. The minimum atomic E-state index is -3.67. The van der Waals surface area contributed by atoms with Crippen LogP contribution in [0.1, 0.15) is 32.1 Å². The van der Waals surface area contributed by atoms with Gasteiger partial charge >= 0.3 is 5.92 Å². The van der Waals surface area contributed by atoms with Gasteiger partial charge in [0.2, 0.25) is 0 Å². The fourth-order valence-corrected chi connectivity index (χ4v) is 2.84. The number of hydrogen-bond acceptors (Lipinski definition) is 3. The Morgan fingerprint density at radius 3 is 2.58 bits per heavy atom. The molecule has 1 heterocycles. The molecule has 0 aromatic rings. The fourth-order valence-electron chi connectivity index (χ4n) is 2.84. The predicted molar refractivity (Wildman–Crippen MR) is 62.8 cm³/mol. The lowest BCUT2D eigenvalue weighted by Gasteiger charge is -2.44. The number of aliphatic hydroxyl groups is 1. The summed E-state index contributed by atoms with van der Waals surface area (Å²) in [7, 11) is 0. The van der Waals surface area contributed by atoms with E-state index in [1.165, 1.54) is 4.90 Å². The number of halogens is 2. The molecular weight excluding hydrogens is 256 g/mol. The molecule has 3 aliphatic rings. The summed E-state index contributed by atoms with van der Waals surface area (Å²) < 4.78 is 33.7. The van der Waals surface area contributed by atoms with Gasteiger partial charge in [-0.1, -0.05) is 0 Å². The lowest BCUT2D eigenvalue weighted by Crippen LogP contribution is -2.63. The van der Waals surface area contributed by atoms with Crippen LogP contribution in [0.5, 0.6) is 0 Å². The van der Waals surface area contributed by atoms with Gasteiger partial charge in [0.25, 0.3) is 5.91 Å². The summed E-state index contributed by atoms with van der Waals surface area (Å²) in [6.07, 6.45) is 2.54. The molecule has 19 heavy (non-hydrogen) atoms. The summed E-state index contributed by atoms with van der Waals surface area (Å²) >= 11 is 0. The van der Waals surface area contributed by atoms with Crippen LogP contribution in [0.3, 0.4) is 0 Å². The number of rotatable bonds is 3. The van der Waals surface area contributed by atoms with Crippen molar-refractivity contribution in [1.29, 1.82) is 0 Å². The second kappa shape index (κ2) is 4.38. The lowest BCUT2D eigenvalue weighted by molar-refractivity contribution is -0.226. The maximum atomic E-state index is 14.1. The van der Waals surface area contributed by atoms with Crippen molar-refractivity contribution >= 4 is 5.91 Å². The summed E-state index contributed by atoms with van der Waals surface area (Å²) in [5.41, 5.74) is -2.13. The molecule has 0 aromatic carbocycles. The van der Waals surface area contributed by atoms with E-state index in [1.807, 2.05) is 0 Å². The molecular formula is C13H19F2NO3. The minimum absolute atomic E-state index is 0.00212. The maximum absolute atomic E-state index is 14.1. The van der Waals surface area contributed by atoms with Gasteiger partial charge in [0.05, 0.1) is 12.7 Å². The smallest absolute Gasteiger partial charge is 0.352 e. The summed E-state index contributed by atoms with van der Waals surface area (Å²) in [4.78, 5) is 13.2. The highest BCUT2D eigenvalue weighted by Gasteiger charge is 2.62. The standard InChI is InChI=1S/C13H19F2NO3/c14-13(15,12(18)4-1-5-12)11(17)16-6-7-19-10(8-16)9-2-3-9/h9-10,18H,1-8H2. The molecule has 1 atom stereocenters. The zero-order valence-corrected chi connectivity index (χ0v) is 10.8. The first kappa shape index (κ1) is 13.2. The normalized spacial score (nSPS) is 30.9. The Morgan fingerprint density at radius 1 is 1.37 bits per heavy atom. The molecule has 108 valence electrons. The van der Waals surface area contributed by atoms with Gasteiger partial charge in [0.15, 0.2) is 0 Å². The third-order valence-electron chi connectivity index (χ3n) is 4.56. The highest BCUT2D eigenvalue weighted by molar-refractivity contribution is 5.85. The average Bonchev–Trinajstić information content (AvgIpc) is 3.19. The van der Waals surface area contributed by atoms with Crippen molar-refractivity contribution in [3.63, 3.8) is 0 Å². The number of hydrogen-bond donors (Lipinski definition) is 1. The molecule has 6 heteroatoms. The van der Waals surface area contributed by atoms with Crippen molar-refractivity contribution < 1.29 is 23.4 Å². The van der Waals surface area contributed by atoms with Crippen molar-refractivity contribution in [1.82, 2.24) is 4.90 Å². The molecule has 4 nitrogen and oxygen atoms in total. The number of alkyl halides is 2. The molecule has 0 spiro atoms. The molecule has 1 saturated heterocycles. The van der Waals surface area contributed by atoms with Crippen LogP contribution in [0.2, 0.25) is 0 Å². The van der Waals surface area contributed by atoms with Crippen molar-refractivity contribution in [3.05, 3.63) is 0 Å². The van der Waals surface area contributed by atoms with E-state index in [4.69, 9.17) is 4.74 Å². The minimum Gasteiger partial charge on any atom is -0.383 e. The third kappa shape index (κ3) is 2.14. The summed E-state index contributed by atoms with van der Waals surface area (Å²) in [6.45, 7) is 0.726. The van der Waals surface area contributed by atoms with Crippen LogP contribution in [-0.4, -0.2) is 53.2 Å². The van der Waals surface area contributed by atoms with Crippen molar-refractivity contribution in [2.75, 3.05) is 19.7 Å². The van der Waals surface area contributed by atoms with Crippen LogP contribution in [0, 0.1) is 5.92 Å². The van der Waals surface area contributed by atoms with Crippen molar-refractivity contribution in [2.24, 2.45) is 5.92 Å². The fraction of sp³-hybridized carbons (Fsp3) is 0.923. The Morgan fingerprint density at radius 2 is 2.05 bits per heavy atom. The number of amides is 1. The zero-order valence-electron chi connectivity index (χ0n) is 10.8. The van der Waals surface area contributed by atoms with Crippen LogP contribution in [-0.2, 0) is 9.53 Å². The molecule has 1 unspecified atom stereocenters. The van der Waals surface area contributed by atoms with Crippen LogP contribution >= 0.6 is 0 Å². The first-order chi connectivity index (χ1) is 8.94. The Balaban J connectivity index is 1.68. The SMILES string of the molecule is O=C(N1CCOC(C2CC2)C1)C(F)(F)C1(O)CCC1. The van der Waals surface area contributed by atoms with Crippen LogP contribution in [0.15, 0.2) is 0 Å². The topological polar surface area (TPSA) is 49.8 Å². The van der Waals surface area contributed by atoms with E-state index in [2.05, 4.69) is 0 Å². The van der Waals surface area contributed by atoms with Crippen LogP contribution in [0.25, 0.3) is 0 Å². The lowest BCUT2D eigenvalue weighted by atomic mass is 9.75. The second-order valence-corrected chi connectivity index (χ2v) is 5.96. The quantitative estimate of drug-likeness (QED) is 0.841. The molecule has 1 amide bonds. The molecule has 1 N–H and O–H groups in total. The van der Waals surface area contributed by atoms with E-state index in [1.54, 1.807) is 0 Å². The molecule has 2 aliphatic carbocycles. The highest BCUT2D eigenvalue weighted by Crippen LogP contribution is 2.45. The largest absolute Gasteiger partial charge is 0.383 e. The zero-order chi connectivity index (χ0) is 13.7. The number of ether oxygens (including phenoxy) is 1. The summed E-state index contributed by atoms with van der Waals surface area (Å²) in [6, 6.07) is 0. The first-order valence-corrected chi connectivity index (χ1v) is 6.95. The van der Waals surface area contributed by atoms with Gasteiger partial charge in [0, 0.05) is 13.1 Å². The van der Waals surface area contributed by atoms with Gasteiger partial charge in [-0.25, -0.2) is 0 Å². The molecule has 3 rings (SSSR count). The third-order valence-corrected chi connectivity index (χ3v) is 4.56. The number of morpholine rings is 1. The van der Waals surface area contributed by atoms with E-state index in [9.17, 15) is 18.7 Å². The molecule has 0 radical (unpaired) electrons. The molecule has 1 aliphatic heterocycles. The number of carbonyl (C=O) groups excluding carboxylic acids is 1. The second-order valence-electron chi connectivity index (χ2n) is 5.96. The van der Waals surface area contributed by atoms with Gasteiger partial charge in [-0.15, -0.1) is 0 Å². The van der Waals surface area contributed by atoms with Crippen molar-refractivity contribution in [3.8, 4) is 0 Å². The van der Waals surface area contributed by atoms with E-state index in [0.717, 1.165) is 12.8 Å². The van der Waals surface area contributed by atoms with Gasteiger partial charge in [-0.2, -0.15) is 8.78 Å². The van der Waals surface area contributed by atoms with Gasteiger partial charge < -0.3 is 14.7 Å². The van der Waals surface area contributed by atoms with E-state index in [0.29, 0.717) is 18.9 Å². The summed E-state index contributed by atoms with van der Waals surface area (Å²) in [5, 5.41) is 9.80. The van der Waals surface area contributed by atoms with E-state index >= 15 is 0 Å². The van der Waals surface area contributed by atoms with Gasteiger partial charge in [-0.05, 0) is 38.0 Å². The van der Waals surface area contributed by atoms with E-state index < -0.39 is 17.4 Å². The monoisotopic (exact) mass is 275 g/mol. The predicted octanol–water partition coefficient (Wildman–Crippen LogP) is 1.17. The Labute approximate surface area is 110 Å². The van der Waals surface area contributed by atoms with E-state index in [-0.39, 0.29) is 32.0 Å². The maximum Gasteiger partial charge on any atom is 0.352 e. The van der Waals surface area contributed by atoms with Crippen LogP contribution in [0.4, 0.5) is 8.78 Å². The first-order valence-electron chi connectivity index (χ1n) is 6.95. The molecule has 0 aromatic heterocycles. The average molecular weight is 275 g/mol. The Bertz CT molecular complexity index is 380. The Hall–Kier alpha value is -0.750.